The van der Waals surface area contributed by atoms with Crippen LogP contribution in [0, 0.1) is 0 Å². The fraction of sp³-hybridized carbons (Fsp3) is 0.261. The minimum Gasteiger partial charge on any atom is -0.454 e. The highest BCUT2D eigenvalue weighted by Crippen LogP contribution is 2.35. The molecule has 0 saturated carbocycles. The summed E-state index contributed by atoms with van der Waals surface area (Å²) in [5, 5.41) is 7.16. The average Bonchev–Trinajstić information content (AvgIpc) is 3.23. The molecule has 3 aromatic rings. The first-order valence-electron chi connectivity index (χ1n) is 9.99. The smallest absolute Gasteiger partial charge is 0.267 e. The second-order valence-electron chi connectivity index (χ2n) is 7.13. The first kappa shape index (κ1) is 19.7. The van der Waals surface area contributed by atoms with Crippen molar-refractivity contribution >= 4 is 11.6 Å². The van der Waals surface area contributed by atoms with Crippen molar-refractivity contribution in [2.45, 2.75) is 32.7 Å². The molecule has 0 fully saturated rings. The van der Waals surface area contributed by atoms with Gasteiger partial charge < -0.3 is 14.8 Å². The molecule has 1 aliphatic rings. The molecule has 0 aliphatic carbocycles. The number of ether oxygens (including phenoxy) is 2. The van der Waals surface area contributed by atoms with E-state index in [1.54, 1.807) is 18.2 Å². The van der Waals surface area contributed by atoms with Crippen LogP contribution < -0.4 is 20.3 Å². The zero-order valence-electron chi connectivity index (χ0n) is 16.8. The average molecular weight is 405 g/mol. The predicted octanol–water partition coefficient (Wildman–Crippen LogP) is 3.62. The van der Waals surface area contributed by atoms with Crippen LogP contribution >= 0.6 is 0 Å². The van der Waals surface area contributed by atoms with Crippen LogP contribution in [0.5, 0.6) is 11.5 Å². The van der Waals surface area contributed by atoms with Gasteiger partial charge in [-0.15, -0.1) is 0 Å². The second kappa shape index (κ2) is 8.82. The summed E-state index contributed by atoms with van der Waals surface area (Å²) in [6.07, 6.45) is 3.31. The molecule has 30 heavy (non-hydrogen) atoms. The number of fused-ring (bicyclic) bond motifs is 1. The lowest BCUT2D eigenvalue weighted by molar-refractivity contribution is -0.117. The Morgan fingerprint density at radius 1 is 1.07 bits per heavy atom. The van der Waals surface area contributed by atoms with Gasteiger partial charge >= 0.3 is 0 Å². The number of rotatable bonds is 7. The topological polar surface area (TPSA) is 82.5 Å². The maximum absolute atomic E-state index is 12.4. The first-order chi connectivity index (χ1) is 14.6. The molecule has 2 aromatic carbocycles. The Balaban J connectivity index is 1.46. The number of nitrogens with zero attached hydrogens (tertiary/aromatic N) is 2. The van der Waals surface area contributed by atoms with Crippen molar-refractivity contribution in [3.05, 3.63) is 70.5 Å². The van der Waals surface area contributed by atoms with Crippen molar-refractivity contribution < 1.29 is 14.3 Å². The fourth-order valence-corrected chi connectivity index (χ4v) is 3.24. The molecule has 4 rings (SSSR count). The van der Waals surface area contributed by atoms with Gasteiger partial charge in [0.05, 0.1) is 5.69 Å². The van der Waals surface area contributed by atoms with Gasteiger partial charge in [0.2, 0.25) is 12.7 Å². The van der Waals surface area contributed by atoms with Gasteiger partial charge in [0.15, 0.2) is 11.5 Å². The number of aryl methyl sites for hydroxylation is 1. The van der Waals surface area contributed by atoms with Gasteiger partial charge in [-0.05, 0) is 54.8 Å². The number of carbonyl (C=O) groups is 1. The molecule has 154 valence electrons. The van der Waals surface area contributed by atoms with Crippen molar-refractivity contribution in [3.8, 4) is 22.8 Å². The van der Waals surface area contributed by atoms with Crippen molar-refractivity contribution in [2.24, 2.45) is 0 Å². The third-order valence-corrected chi connectivity index (χ3v) is 4.89. The lowest BCUT2D eigenvalue weighted by Gasteiger charge is -2.09. The molecule has 2 heterocycles. The first-order valence-corrected chi connectivity index (χ1v) is 9.99. The number of hydrogen-bond acceptors (Lipinski definition) is 5. The van der Waals surface area contributed by atoms with E-state index in [1.807, 2.05) is 30.3 Å². The normalized spacial score (nSPS) is 12.0. The number of amides is 1. The van der Waals surface area contributed by atoms with E-state index in [2.05, 4.69) is 17.3 Å². The molecule has 7 heteroatoms. The Hall–Kier alpha value is -3.61. The van der Waals surface area contributed by atoms with Crippen molar-refractivity contribution in [3.63, 3.8) is 0 Å². The van der Waals surface area contributed by atoms with Crippen molar-refractivity contribution in [2.75, 3.05) is 12.1 Å². The van der Waals surface area contributed by atoms with Gasteiger partial charge in [0.1, 0.15) is 6.54 Å². The third-order valence-electron chi connectivity index (χ3n) is 4.89. The number of unbranched alkanes of at least 4 members (excludes halogenated alkanes) is 1. The summed E-state index contributed by atoms with van der Waals surface area (Å²) in [4.78, 5) is 24.6. The number of aromatic nitrogens is 2. The van der Waals surface area contributed by atoms with Crippen LogP contribution in [0.15, 0.2) is 59.4 Å². The molecule has 0 saturated heterocycles. The van der Waals surface area contributed by atoms with Crippen LogP contribution in [-0.4, -0.2) is 22.5 Å². The van der Waals surface area contributed by atoms with E-state index >= 15 is 0 Å². The third kappa shape index (κ3) is 4.51. The summed E-state index contributed by atoms with van der Waals surface area (Å²) in [5.74, 6) is 0.994. The lowest BCUT2D eigenvalue weighted by Crippen LogP contribution is -2.29. The van der Waals surface area contributed by atoms with Gasteiger partial charge in [0, 0.05) is 17.3 Å². The summed E-state index contributed by atoms with van der Waals surface area (Å²) in [6.45, 7) is 2.17. The highest BCUT2D eigenvalue weighted by atomic mass is 16.7. The van der Waals surface area contributed by atoms with E-state index in [9.17, 15) is 9.59 Å². The summed E-state index contributed by atoms with van der Waals surface area (Å²) >= 11 is 0. The monoisotopic (exact) mass is 405 g/mol. The molecule has 1 amide bonds. The van der Waals surface area contributed by atoms with E-state index in [-0.39, 0.29) is 24.8 Å². The quantitative estimate of drug-likeness (QED) is 0.649. The molecule has 1 aliphatic heterocycles. The predicted molar refractivity (Wildman–Crippen MR) is 114 cm³/mol. The van der Waals surface area contributed by atoms with E-state index in [1.165, 1.54) is 11.6 Å². The van der Waals surface area contributed by atoms with Crippen molar-refractivity contribution in [1.82, 2.24) is 9.78 Å². The van der Waals surface area contributed by atoms with Crippen LogP contribution in [0.3, 0.4) is 0 Å². The number of anilines is 1. The van der Waals surface area contributed by atoms with Gasteiger partial charge in [-0.1, -0.05) is 25.5 Å². The van der Waals surface area contributed by atoms with E-state index in [0.29, 0.717) is 22.9 Å². The minimum absolute atomic E-state index is 0.172. The summed E-state index contributed by atoms with van der Waals surface area (Å²) in [6, 6.07) is 16.2. The maximum atomic E-state index is 12.4. The Kier molecular flexibility index (Phi) is 5.79. The molecular weight excluding hydrogens is 382 g/mol. The molecule has 0 spiro atoms. The number of carbonyl (C=O) groups excluding carboxylic acids is 1. The molecule has 7 nitrogen and oxygen atoms in total. The minimum atomic E-state index is -0.343. The molecule has 0 unspecified atom stereocenters. The summed E-state index contributed by atoms with van der Waals surface area (Å²) < 4.78 is 11.9. The Labute approximate surface area is 174 Å². The van der Waals surface area contributed by atoms with Crippen LogP contribution in [-0.2, 0) is 17.8 Å². The van der Waals surface area contributed by atoms with Gasteiger partial charge in [-0.2, -0.15) is 5.10 Å². The number of hydrogen-bond donors (Lipinski definition) is 1. The highest BCUT2D eigenvalue weighted by molar-refractivity contribution is 5.90. The van der Waals surface area contributed by atoms with Crippen LogP contribution in [0.1, 0.15) is 25.3 Å². The number of nitrogens with one attached hydrogen (secondary N) is 1. The summed E-state index contributed by atoms with van der Waals surface area (Å²) in [5.41, 5.74) is 2.94. The molecule has 1 N–H and O–H groups in total. The SMILES string of the molecule is CCCCc1ccc(NC(=O)Cn2nc(-c3ccc4c(c3)OCO4)ccc2=O)cc1. The molecular formula is C23H23N3O4. The largest absolute Gasteiger partial charge is 0.454 e. The molecule has 0 radical (unpaired) electrons. The van der Waals surface area contributed by atoms with Crippen LogP contribution in [0.4, 0.5) is 5.69 Å². The molecule has 0 bridgehead atoms. The molecule has 1 aromatic heterocycles. The number of benzene rings is 2. The van der Waals surface area contributed by atoms with Gasteiger partial charge in [-0.3, -0.25) is 9.59 Å². The van der Waals surface area contributed by atoms with Gasteiger partial charge in [0.25, 0.3) is 5.56 Å². The van der Waals surface area contributed by atoms with Crippen molar-refractivity contribution in [1.29, 1.82) is 0 Å². The summed E-state index contributed by atoms with van der Waals surface area (Å²) in [7, 11) is 0. The second-order valence-corrected chi connectivity index (χ2v) is 7.13. The van der Waals surface area contributed by atoms with E-state index < -0.39 is 0 Å². The van der Waals surface area contributed by atoms with Gasteiger partial charge in [-0.25, -0.2) is 4.68 Å². The Bertz CT molecular complexity index is 1110. The Morgan fingerprint density at radius 3 is 2.67 bits per heavy atom. The fourth-order valence-electron chi connectivity index (χ4n) is 3.24. The zero-order valence-corrected chi connectivity index (χ0v) is 16.8. The molecule has 0 atom stereocenters. The maximum Gasteiger partial charge on any atom is 0.267 e. The standard InChI is InChI=1S/C23H23N3O4/c1-2-3-4-16-5-8-18(9-6-16)24-22(27)14-26-23(28)12-10-19(25-26)17-7-11-20-21(13-17)30-15-29-20/h5-13H,2-4,14-15H2,1H3,(H,24,27). The zero-order chi connectivity index (χ0) is 20.9. The lowest BCUT2D eigenvalue weighted by atomic mass is 10.1. The van der Waals surface area contributed by atoms with Crippen LogP contribution in [0.2, 0.25) is 0 Å². The van der Waals surface area contributed by atoms with E-state index in [0.717, 1.165) is 29.5 Å². The van der Waals surface area contributed by atoms with E-state index in [4.69, 9.17) is 9.47 Å². The Morgan fingerprint density at radius 2 is 1.87 bits per heavy atom. The highest BCUT2D eigenvalue weighted by Gasteiger charge is 2.15. The van der Waals surface area contributed by atoms with Crippen LogP contribution in [0.25, 0.3) is 11.3 Å².